The van der Waals surface area contributed by atoms with Crippen molar-refractivity contribution in [1.82, 2.24) is 9.03 Å². The fraction of sp³-hybridized carbons (Fsp3) is 1.00. The highest BCUT2D eigenvalue weighted by atomic mass is 32.2. The summed E-state index contributed by atoms with van der Waals surface area (Å²) in [7, 11) is -6.64. The van der Waals surface area contributed by atoms with Crippen LogP contribution in [0.25, 0.3) is 0 Å². The lowest BCUT2D eigenvalue weighted by molar-refractivity contribution is 0.423. The van der Waals surface area contributed by atoms with Crippen molar-refractivity contribution in [3.05, 3.63) is 0 Å². The van der Waals surface area contributed by atoms with Gasteiger partial charge in [0.25, 0.3) is 0 Å². The van der Waals surface area contributed by atoms with Crippen molar-refractivity contribution in [3.8, 4) is 0 Å². The molecule has 1 aliphatic heterocycles. The summed E-state index contributed by atoms with van der Waals surface area (Å²) in [5.74, 6) is -0.167. The Balaban J connectivity index is 2.49. The van der Waals surface area contributed by atoms with Gasteiger partial charge in [0.1, 0.15) is 0 Å². The molecule has 0 saturated carbocycles. The second-order valence-corrected chi connectivity index (χ2v) is 8.22. The van der Waals surface area contributed by atoms with Crippen LogP contribution >= 0.6 is 0 Å². The summed E-state index contributed by atoms with van der Waals surface area (Å²) in [6.07, 6.45) is 4.92. The predicted molar refractivity (Wildman–Crippen MR) is 66.7 cm³/mol. The Hall–Kier alpha value is -0.180. The van der Waals surface area contributed by atoms with E-state index >= 15 is 0 Å². The molecule has 102 valence electrons. The summed E-state index contributed by atoms with van der Waals surface area (Å²) in [4.78, 5) is 0. The average molecular weight is 284 g/mol. The molecular weight excluding hydrogens is 264 g/mol. The number of nitrogens with one attached hydrogen (secondary N) is 1. The van der Waals surface area contributed by atoms with Gasteiger partial charge in [-0.3, -0.25) is 0 Å². The fourth-order valence-corrected chi connectivity index (χ4v) is 3.84. The lowest BCUT2D eigenvalue weighted by Crippen LogP contribution is -2.38. The first-order chi connectivity index (χ1) is 7.81. The van der Waals surface area contributed by atoms with Crippen LogP contribution < -0.4 is 4.72 Å². The van der Waals surface area contributed by atoms with Crippen molar-refractivity contribution in [2.75, 3.05) is 31.6 Å². The van der Waals surface area contributed by atoms with Gasteiger partial charge in [-0.1, -0.05) is 12.8 Å². The highest BCUT2D eigenvalue weighted by Gasteiger charge is 2.22. The standard InChI is InChI=1S/C9H20N2O4S2/c1-16(12,13)10-6-9-17(14,15)11-7-4-2-3-5-8-11/h10H,2-9H2,1H3. The minimum Gasteiger partial charge on any atom is -0.214 e. The molecule has 0 bridgehead atoms. The Morgan fingerprint density at radius 2 is 1.53 bits per heavy atom. The summed E-state index contributed by atoms with van der Waals surface area (Å²) < 4.78 is 49.2. The molecule has 1 N–H and O–H groups in total. The second-order valence-electron chi connectivity index (χ2n) is 4.30. The molecule has 1 aliphatic rings. The Labute approximate surface area is 103 Å². The number of sulfonamides is 2. The van der Waals surface area contributed by atoms with E-state index in [0.29, 0.717) is 13.1 Å². The molecule has 0 radical (unpaired) electrons. The Morgan fingerprint density at radius 3 is 2.00 bits per heavy atom. The molecule has 0 aliphatic carbocycles. The van der Waals surface area contributed by atoms with Crippen LogP contribution in [0.4, 0.5) is 0 Å². The number of nitrogens with zero attached hydrogens (tertiary/aromatic N) is 1. The Kier molecular flexibility index (Phi) is 5.36. The molecule has 1 saturated heterocycles. The van der Waals surface area contributed by atoms with E-state index in [9.17, 15) is 16.8 Å². The molecule has 1 rings (SSSR count). The van der Waals surface area contributed by atoms with Crippen LogP contribution in [0.2, 0.25) is 0 Å². The quantitative estimate of drug-likeness (QED) is 0.754. The van der Waals surface area contributed by atoms with Gasteiger partial charge in [-0.05, 0) is 12.8 Å². The number of hydrogen-bond donors (Lipinski definition) is 1. The molecule has 6 nitrogen and oxygen atoms in total. The highest BCUT2D eigenvalue weighted by Crippen LogP contribution is 2.13. The van der Waals surface area contributed by atoms with Crippen LogP contribution in [-0.4, -0.2) is 52.8 Å². The second kappa shape index (κ2) is 6.12. The molecule has 0 aromatic carbocycles. The van der Waals surface area contributed by atoms with Crippen molar-refractivity contribution >= 4 is 20.0 Å². The van der Waals surface area contributed by atoms with Gasteiger partial charge >= 0.3 is 0 Å². The normalized spacial score (nSPS) is 20.1. The zero-order valence-corrected chi connectivity index (χ0v) is 11.7. The molecule has 1 heterocycles. The molecule has 8 heteroatoms. The van der Waals surface area contributed by atoms with Crippen molar-refractivity contribution in [2.24, 2.45) is 0 Å². The van der Waals surface area contributed by atoms with Crippen LogP contribution in [0, 0.1) is 0 Å². The third-order valence-corrected chi connectivity index (χ3v) is 5.28. The molecule has 0 aromatic rings. The monoisotopic (exact) mass is 284 g/mol. The number of rotatable bonds is 5. The average Bonchev–Trinajstić information content (AvgIpc) is 2.43. The van der Waals surface area contributed by atoms with Crippen LogP contribution in [-0.2, 0) is 20.0 Å². The molecule has 17 heavy (non-hydrogen) atoms. The highest BCUT2D eigenvalue weighted by molar-refractivity contribution is 7.89. The van der Waals surface area contributed by atoms with Crippen LogP contribution in [0.15, 0.2) is 0 Å². The lowest BCUT2D eigenvalue weighted by atomic mass is 10.2. The molecular formula is C9H20N2O4S2. The first kappa shape index (κ1) is 14.9. The van der Waals surface area contributed by atoms with Gasteiger partial charge in [-0.15, -0.1) is 0 Å². The summed E-state index contributed by atoms with van der Waals surface area (Å²) in [6.45, 7) is 1.06. The van der Waals surface area contributed by atoms with Gasteiger partial charge < -0.3 is 0 Å². The summed E-state index contributed by atoms with van der Waals surface area (Å²) in [6, 6.07) is 0. The van der Waals surface area contributed by atoms with E-state index < -0.39 is 20.0 Å². The lowest BCUT2D eigenvalue weighted by Gasteiger charge is -2.19. The Morgan fingerprint density at radius 1 is 1.00 bits per heavy atom. The minimum atomic E-state index is -3.32. The van der Waals surface area contributed by atoms with E-state index in [1.165, 1.54) is 4.31 Å². The molecule has 1 fully saturated rings. The first-order valence-corrected chi connectivity index (χ1v) is 9.24. The van der Waals surface area contributed by atoms with Crippen molar-refractivity contribution in [1.29, 1.82) is 0 Å². The van der Waals surface area contributed by atoms with Gasteiger partial charge in [0, 0.05) is 19.6 Å². The minimum absolute atomic E-state index is 0.0579. The van der Waals surface area contributed by atoms with E-state index in [2.05, 4.69) is 4.72 Å². The first-order valence-electron chi connectivity index (χ1n) is 5.74. The molecule has 0 amide bonds. The topological polar surface area (TPSA) is 83.5 Å². The van der Waals surface area contributed by atoms with Gasteiger partial charge in [-0.25, -0.2) is 25.9 Å². The van der Waals surface area contributed by atoms with E-state index in [1.54, 1.807) is 0 Å². The summed E-state index contributed by atoms with van der Waals surface area (Å²) in [5.41, 5.74) is 0. The molecule has 0 atom stereocenters. The van der Waals surface area contributed by atoms with E-state index in [-0.39, 0.29) is 12.3 Å². The smallest absolute Gasteiger partial charge is 0.214 e. The van der Waals surface area contributed by atoms with Crippen LogP contribution in [0.5, 0.6) is 0 Å². The maximum absolute atomic E-state index is 11.9. The van der Waals surface area contributed by atoms with Gasteiger partial charge in [0.2, 0.25) is 20.0 Å². The molecule has 0 aromatic heterocycles. The maximum Gasteiger partial charge on any atom is 0.215 e. The largest absolute Gasteiger partial charge is 0.215 e. The fourth-order valence-electron chi connectivity index (χ4n) is 1.80. The van der Waals surface area contributed by atoms with Crippen molar-refractivity contribution in [2.45, 2.75) is 25.7 Å². The summed E-state index contributed by atoms with van der Waals surface area (Å²) in [5, 5.41) is 0. The maximum atomic E-state index is 11.9. The third kappa shape index (κ3) is 5.80. The zero-order valence-electron chi connectivity index (χ0n) is 10.1. The van der Waals surface area contributed by atoms with Crippen molar-refractivity contribution in [3.63, 3.8) is 0 Å². The van der Waals surface area contributed by atoms with Crippen LogP contribution in [0.1, 0.15) is 25.7 Å². The molecule has 0 spiro atoms. The van der Waals surface area contributed by atoms with E-state index in [0.717, 1.165) is 31.9 Å². The predicted octanol–water partition coefficient (Wildman–Crippen LogP) is -0.259. The van der Waals surface area contributed by atoms with Gasteiger partial charge in [0.15, 0.2) is 0 Å². The SMILES string of the molecule is CS(=O)(=O)NCCS(=O)(=O)N1CCCCCC1. The van der Waals surface area contributed by atoms with Gasteiger partial charge in [-0.2, -0.15) is 0 Å². The zero-order chi connectivity index (χ0) is 12.9. The number of hydrogen-bond acceptors (Lipinski definition) is 4. The van der Waals surface area contributed by atoms with Crippen LogP contribution in [0.3, 0.4) is 0 Å². The summed E-state index contributed by atoms with van der Waals surface area (Å²) >= 11 is 0. The van der Waals surface area contributed by atoms with E-state index in [4.69, 9.17) is 0 Å². The molecule has 0 unspecified atom stereocenters. The Bertz CT molecular complexity index is 422. The van der Waals surface area contributed by atoms with E-state index in [1.807, 2.05) is 0 Å². The third-order valence-electron chi connectivity index (χ3n) is 2.68. The van der Waals surface area contributed by atoms with Crippen molar-refractivity contribution < 1.29 is 16.8 Å². The van der Waals surface area contributed by atoms with Gasteiger partial charge in [0.05, 0.1) is 12.0 Å².